The maximum Gasteiger partial charge on any atom is -0.0276 e. The van der Waals surface area contributed by atoms with Crippen molar-refractivity contribution in [2.45, 2.75) is 51.4 Å². The van der Waals surface area contributed by atoms with Crippen LogP contribution in [0.1, 0.15) is 50.5 Å². The number of aryl methyl sites for hydroxylation is 1. The molecular weight excluding hydrogens is 228 g/mol. The fourth-order valence-corrected chi connectivity index (χ4v) is 2.55. The van der Waals surface area contributed by atoms with Crippen molar-refractivity contribution in [3.63, 3.8) is 0 Å². The lowest BCUT2D eigenvalue weighted by atomic mass is 9.90. The Morgan fingerprint density at radius 2 is 1.42 bits per heavy atom. The quantitative estimate of drug-likeness (QED) is 0.339. The standard InChI is InChI=1S/C19H28/c1-3-5-8-12-18(13-9-6-4-2)16-17-19-14-10-7-11-15-19/h3-4,7,10-11,14-15,18H,1-2,5-6,8-9,12-13,16-17H2. The summed E-state index contributed by atoms with van der Waals surface area (Å²) in [7, 11) is 0. The fraction of sp³-hybridized carbons (Fsp3) is 0.474. The van der Waals surface area contributed by atoms with E-state index in [0.29, 0.717) is 0 Å². The molecule has 0 aliphatic rings. The minimum absolute atomic E-state index is 0.861. The van der Waals surface area contributed by atoms with Gasteiger partial charge in [0.05, 0.1) is 0 Å². The van der Waals surface area contributed by atoms with Gasteiger partial charge in [-0.3, -0.25) is 0 Å². The van der Waals surface area contributed by atoms with Gasteiger partial charge in [0.15, 0.2) is 0 Å². The lowest BCUT2D eigenvalue weighted by molar-refractivity contribution is 0.400. The molecule has 19 heavy (non-hydrogen) atoms. The molecule has 0 nitrogen and oxygen atoms in total. The van der Waals surface area contributed by atoms with E-state index in [2.05, 4.69) is 43.5 Å². The van der Waals surface area contributed by atoms with Gasteiger partial charge in [0, 0.05) is 0 Å². The summed E-state index contributed by atoms with van der Waals surface area (Å²) in [5.41, 5.74) is 1.47. The highest BCUT2D eigenvalue weighted by Crippen LogP contribution is 2.22. The lowest BCUT2D eigenvalue weighted by Crippen LogP contribution is -2.03. The number of allylic oxidation sites excluding steroid dienone is 2. The molecule has 0 saturated heterocycles. The predicted molar refractivity (Wildman–Crippen MR) is 86.3 cm³/mol. The SMILES string of the molecule is C=CCCCC(CCCC=C)CCc1ccccc1. The van der Waals surface area contributed by atoms with Crippen LogP contribution < -0.4 is 0 Å². The Hall–Kier alpha value is -1.30. The summed E-state index contributed by atoms with van der Waals surface area (Å²) >= 11 is 0. The molecule has 0 amide bonds. The van der Waals surface area contributed by atoms with Gasteiger partial charge in [0.1, 0.15) is 0 Å². The van der Waals surface area contributed by atoms with Gasteiger partial charge in [0.25, 0.3) is 0 Å². The predicted octanol–water partition coefficient (Wildman–Crippen LogP) is 5.95. The largest absolute Gasteiger partial charge is 0.103 e. The molecule has 0 N–H and O–H groups in total. The first kappa shape index (κ1) is 15.8. The number of hydrogen-bond donors (Lipinski definition) is 0. The zero-order chi connectivity index (χ0) is 13.8. The van der Waals surface area contributed by atoms with Crippen LogP contribution >= 0.6 is 0 Å². The van der Waals surface area contributed by atoms with Gasteiger partial charge < -0.3 is 0 Å². The van der Waals surface area contributed by atoms with Crippen molar-refractivity contribution in [1.82, 2.24) is 0 Å². The first-order valence-electron chi connectivity index (χ1n) is 7.62. The molecule has 0 heteroatoms. The van der Waals surface area contributed by atoms with E-state index in [1.807, 2.05) is 12.2 Å². The number of benzene rings is 1. The molecule has 0 aliphatic heterocycles. The molecule has 1 aromatic rings. The fourth-order valence-electron chi connectivity index (χ4n) is 2.55. The number of unbranched alkanes of at least 4 members (excludes halogenated alkanes) is 2. The monoisotopic (exact) mass is 256 g/mol. The summed E-state index contributed by atoms with van der Waals surface area (Å²) in [4.78, 5) is 0. The topological polar surface area (TPSA) is 0 Å². The molecule has 104 valence electrons. The van der Waals surface area contributed by atoms with Gasteiger partial charge in [0.2, 0.25) is 0 Å². The Kier molecular flexibility index (Phi) is 8.80. The second-order valence-electron chi connectivity index (χ2n) is 5.33. The van der Waals surface area contributed by atoms with Crippen molar-refractivity contribution in [1.29, 1.82) is 0 Å². The maximum atomic E-state index is 3.81. The Morgan fingerprint density at radius 1 is 0.842 bits per heavy atom. The van der Waals surface area contributed by atoms with Gasteiger partial charge in [-0.15, -0.1) is 13.2 Å². The highest BCUT2D eigenvalue weighted by atomic mass is 14.1. The molecule has 0 unspecified atom stereocenters. The Bertz CT molecular complexity index is 322. The van der Waals surface area contributed by atoms with Crippen molar-refractivity contribution in [2.24, 2.45) is 5.92 Å². The van der Waals surface area contributed by atoms with Gasteiger partial charge in [-0.1, -0.05) is 55.3 Å². The van der Waals surface area contributed by atoms with Gasteiger partial charge in [-0.2, -0.15) is 0 Å². The molecule has 0 fully saturated rings. The summed E-state index contributed by atoms with van der Waals surface area (Å²) in [6, 6.07) is 10.9. The lowest BCUT2D eigenvalue weighted by Gasteiger charge is -2.16. The van der Waals surface area contributed by atoms with Crippen LogP contribution in [0.3, 0.4) is 0 Å². The minimum Gasteiger partial charge on any atom is -0.103 e. The smallest absolute Gasteiger partial charge is 0.0276 e. The Balaban J connectivity index is 2.33. The van der Waals surface area contributed by atoms with Crippen molar-refractivity contribution in [2.75, 3.05) is 0 Å². The van der Waals surface area contributed by atoms with Crippen LogP contribution in [0.2, 0.25) is 0 Å². The highest BCUT2D eigenvalue weighted by molar-refractivity contribution is 5.14. The van der Waals surface area contributed by atoms with Crippen LogP contribution in [-0.2, 0) is 6.42 Å². The zero-order valence-corrected chi connectivity index (χ0v) is 12.2. The van der Waals surface area contributed by atoms with E-state index in [4.69, 9.17) is 0 Å². The van der Waals surface area contributed by atoms with Crippen molar-refractivity contribution in [3.05, 3.63) is 61.2 Å². The summed E-state index contributed by atoms with van der Waals surface area (Å²) in [6.07, 6.45) is 14.2. The van der Waals surface area contributed by atoms with Crippen LogP contribution in [-0.4, -0.2) is 0 Å². The van der Waals surface area contributed by atoms with Crippen LogP contribution in [0.5, 0.6) is 0 Å². The van der Waals surface area contributed by atoms with E-state index < -0.39 is 0 Å². The van der Waals surface area contributed by atoms with E-state index in [1.54, 1.807) is 0 Å². The molecule has 0 bridgehead atoms. The van der Waals surface area contributed by atoms with Crippen LogP contribution in [0.25, 0.3) is 0 Å². The molecule has 0 atom stereocenters. The van der Waals surface area contributed by atoms with Gasteiger partial charge >= 0.3 is 0 Å². The molecule has 1 rings (SSSR count). The first-order chi connectivity index (χ1) is 9.36. The third-order valence-electron chi connectivity index (χ3n) is 3.73. The molecule has 0 aromatic heterocycles. The Morgan fingerprint density at radius 3 is 1.95 bits per heavy atom. The molecule has 1 aromatic carbocycles. The molecule has 0 aliphatic carbocycles. The van der Waals surface area contributed by atoms with E-state index in [1.165, 1.54) is 44.1 Å². The molecule has 0 heterocycles. The van der Waals surface area contributed by atoms with Crippen LogP contribution in [0, 0.1) is 5.92 Å². The zero-order valence-electron chi connectivity index (χ0n) is 12.2. The second kappa shape index (κ2) is 10.6. The van der Waals surface area contributed by atoms with E-state index in [-0.39, 0.29) is 0 Å². The minimum atomic E-state index is 0.861. The van der Waals surface area contributed by atoms with Gasteiger partial charge in [-0.25, -0.2) is 0 Å². The third kappa shape index (κ3) is 7.66. The van der Waals surface area contributed by atoms with Crippen molar-refractivity contribution in [3.8, 4) is 0 Å². The van der Waals surface area contributed by atoms with Crippen molar-refractivity contribution < 1.29 is 0 Å². The third-order valence-corrected chi connectivity index (χ3v) is 3.73. The highest BCUT2D eigenvalue weighted by Gasteiger charge is 2.08. The molecule has 0 saturated carbocycles. The Labute approximate surface area is 119 Å². The van der Waals surface area contributed by atoms with Gasteiger partial charge in [-0.05, 0) is 50.0 Å². The summed E-state index contributed by atoms with van der Waals surface area (Å²) in [5.74, 6) is 0.861. The average Bonchev–Trinajstić information content (AvgIpc) is 2.45. The molecule has 0 radical (unpaired) electrons. The normalized spacial score (nSPS) is 10.6. The van der Waals surface area contributed by atoms with Crippen LogP contribution in [0.4, 0.5) is 0 Å². The first-order valence-corrected chi connectivity index (χ1v) is 7.62. The van der Waals surface area contributed by atoms with Crippen molar-refractivity contribution >= 4 is 0 Å². The molecule has 0 spiro atoms. The summed E-state index contributed by atoms with van der Waals surface area (Å²) < 4.78 is 0. The number of rotatable bonds is 11. The summed E-state index contributed by atoms with van der Waals surface area (Å²) in [5, 5.41) is 0. The van der Waals surface area contributed by atoms with E-state index in [0.717, 1.165) is 18.8 Å². The maximum absolute atomic E-state index is 3.81. The van der Waals surface area contributed by atoms with E-state index >= 15 is 0 Å². The molecular formula is C19H28. The number of hydrogen-bond acceptors (Lipinski definition) is 0. The summed E-state index contributed by atoms with van der Waals surface area (Å²) in [6.45, 7) is 7.63. The second-order valence-corrected chi connectivity index (χ2v) is 5.33. The van der Waals surface area contributed by atoms with E-state index in [9.17, 15) is 0 Å². The van der Waals surface area contributed by atoms with Crippen LogP contribution in [0.15, 0.2) is 55.6 Å². The average molecular weight is 256 g/mol.